The third kappa shape index (κ3) is 99.3. The summed E-state index contributed by atoms with van der Waals surface area (Å²) in [7, 11) is 0. The number of alkyl halides is 1. The number of rotatable bonds is 1. The second kappa shape index (κ2) is 26.4. The minimum atomic E-state index is 0. The van der Waals surface area contributed by atoms with E-state index in [1.54, 1.807) is 12.2 Å². The first-order valence-electron chi connectivity index (χ1n) is 2.07. The number of halogens is 1. The van der Waals surface area contributed by atoms with Gasteiger partial charge >= 0.3 is 0 Å². The first-order chi connectivity index (χ1) is 3.33. The van der Waals surface area contributed by atoms with Crippen molar-refractivity contribution in [1.82, 2.24) is 0 Å². The van der Waals surface area contributed by atoms with Crippen LogP contribution in [0.15, 0.2) is 25.3 Å². The van der Waals surface area contributed by atoms with Crippen molar-refractivity contribution in [1.29, 1.82) is 0 Å². The summed E-state index contributed by atoms with van der Waals surface area (Å²) >= 11 is 5.07. The zero-order valence-electron chi connectivity index (χ0n) is 5.10. The van der Waals surface area contributed by atoms with Crippen LogP contribution in [-0.4, -0.2) is 5.88 Å². The van der Waals surface area contributed by atoms with Crippen LogP contribution in [-0.2, 0) is 18.6 Å². The van der Waals surface area contributed by atoms with Crippen LogP contribution in [0, 0.1) is 0 Å². The molecule has 0 amide bonds. The second-order valence-corrected chi connectivity index (χ2v) is 1.16. The van der Waals surface area contributed by atoms with Gasteiger partial charge in [-0.05, 0) is 6.92 Å². The SMILES string of the molecule is C=CC.C=CCCl.[V]. The van der Waals surface area contributed by atoms with Crippen LogP contribution >= 0.6 is 11.6 Å². The Labute approximate surface area is 68.5 Å². The predicted octanol–water partition coefficient (Wildman–Crippen LogP) is 2.60. The fourth-order valence-corrected chi connectivity index (χ4v) is 0. The van der Waals surface area contributed by atoms with Gasteiger partial charge in [-0.15, -0.1) is 24.8 Å². The standard InChI is InChI=1S/C3H5Cl.C3H6.V/c1-2-3-4;1-3-2;/h2H,1,3H2;3H,1H2,2H3;. The summed E-state index contributed by atoms with van der Waals surface area (Å²) in [6.07, 6.45) is 3.39. The van der Waals surface area contributed by atoms with Crippen molar-refractivity contribution >= 4 is 11.6 Å². The van der Waals surface area contributed by atoms with Gasteiger partial charge < -0.3 is 0 Å². The molecule has 0 bridgehead atoms. The zero-order valence-corrected chi connectivity index (χ0v) is 7.25. The van der Waals surface area contributed by atoms with Crippen molar-refractivity contribution in [3.8, 4) is 0 Å². The fraction of sp³-hybridized carbons (Fsp3) is 0.333. The van der Waals surface area contributed by atoms with Crippen molar-refractivity contribution in [2.24, 2.45) is 0 Å². The smallest absolute Gasteiger partial charge is 0.0401 e. The Bertz CT molecular complexity index is 43.8. The molecule has 1 radical (unpaired) electrons. The van der Waals surface area contributed by atoms with Crippen molar-refractivity contribution in [2.75, 3.05) is 5.88 Å². The maximum Gasteiger partial charge on any atom is 0.0401 e. The van der Waals surface area contributed by atoms with E-state index >= 15 is 0 Å². The molecule has 0 aliphatic carbocycles. The van der Waals surface area contributed by atoms with Gasteiger partial charge in [-0.1, -0.05) is 12.2 Å². The van der Waals surface area contributed by atoms with Gasteiger partial charge in [0.05, 0.1) is 0 Å². The molecule has 0 aliphatic heterocycles. The molecule has 0 aromatic rings. The van der Waals surface area contributed by atoms with Crippen LogP contribution in [0.3, 0.4) is 0 Å². The fourth-order valence-electron chi connectivity index (χ4n) is 0. The quantitative estimate of drug-likeness (QED) is 0.418. The molecule has 0 aromatic carbocycles. The largest absolute Gasteiger partial charge is 0.122 e. The van der Waals surface area contributed by atoms with Crippen LogP contribution in [0.5, 0.6) is 0 Å². The van der Waals surface area contributed by atoms with E-state index in [2.05, 4.69) is 13.2 Å². The Kier molecular flexibility index (Phi) is 52.0. The van der Waals surface area contributed by atoms with E-state index in [1.165, 1.54) is 0 Å². The van der Waals surface area contributed by atoms with Crippen molar-refractivity contribution in [2.45, 2.75) is 6.92 Å². The molecule has 0 atom stereocenters. The molecule has 8 heavy (non-hydrogen) atoms. The first kappa shape index (κ1) is 15.8. The Hall–Kier alpha value is 0.354. The summed E-state index contributed by atoms with van der Waals surface area (Å²) < 4.78 is 0. The molecular weight excluding hydrogens is 158 g/mol. The van der Waals surface area contributed by atoms with E-state index in [4.69, 9.17) is 11.6 Å². The zero-order chi connectivity index (χ0) is 6.12. The molecule has 0 aliphatic rings. The van der Waals surface area contributed by atoms with Gasteiger partial charge in [0.25, 0.3) is 0 Å². The van der Waals surface area contributed by atoms with E-state index in [0.29, 0.717) is 5.88 Å². The summed E-state index contributed by atoms with van der Waals surface area (Å²) in [5.41, 5.74) is 0. The molecule has 0 nitrogen and oxygen atoms in total. The van der Waals surface area contributed by atoms with Gasteiger partial charge in [-0.25, -0.2) is 0 Å². The third-order valence-corrected chi connectivity index (χ3v) is 0.327. The molecule has 0 spiro atoms. The molecule has 0 N–H and O–H groups in total. The van der Waals surface area contributed by atoms with Crippen LogP contribution < -0.4 is 0 Å². The van der Waals surface area contributed by atoms with E-state index in [-0.39, 0.29) is 18.6 Å². The Morgan fingerprint density at radius 2 is 1.62 bits per heavy atom. The average Bonchev–Trinajstić information content (AvgIpc) is 1.69. The topological polar surface area (TPSA) is 0 Å². The number of allylic oxidation sites excluding steroid dienone is 2. The van der Waals surface area contributed by atoms with E-state index in [1.807, 2.05) is 6.92 Å². The molecule has 0 rings (SSSR count). The first-order valence-corrected chi connectivity index (χ1v) is 2.60. The maximum atomic E-state index is 5.07. The summed E-state index contributed by atoms with van der Waals surface area (Å²) in [5, 5.41) is 0. The molecule has 0 heterocycles. The molecule has 2 heteroatoms. The van der Waals surface area contributed by atoms with E-state index < -0.39 is 0 Å². The van der Waals surface area contributed by atoms with Gasteiger partial charge in [0.15, 0.2) is 0 Å². The molecular formula is C6H11ClV. The summed E-state index contributed by atoms with van der Waals surface area (Å²) in [5.74, 6) is 0.556. The summed E-state index contributed by atoms with van der Waals surface area (Å²) in [4.78, 5) is 0. The van der Waals surface area contributed by atoms with Gasteiger partial charge in [-0.3, -0.25) is 0 Å². The van der Waals surface area contributed by atoms with Crippen molar-refractivity contribution < 1.29 is 18.6 Å². The number of hydrogen-bond acceptors (Lipinski definition) is 0. The molecule has 0 saturated carbocycles. The van der Waals surface area contributed by atoms with Crippen LogP contribution in [0.4, 0.5) is 0 Å². The Balaban J connectivity index is -0.0000000575. The number of hydrogen-bond donors (Lipinski definition) is 0. The minimum Gasteiger partial charge on any atom is -0.122 e. The van der Waals surface area contributed by atoms with Crippen LogP contribution in [0.25, 0.3) is 0 Å². The van der Waals surface area contributed by atoms with Crippen LogP contribution in [0.1, 0.15) is 6.92 Å². The van der Waals surface area contributed by atoms with Gasteiger partial charge in [0.2, 0.25) is 0 Å². The second-order valence-electron chi connectivity index (χ2n) is 0.851. The Morgan fingerprint density at radius 1 is 1.50 bits per heavy atom. The van der Waals surface area contributed by atoms with Crippen LogP contribution in [0.2, 0.25) is 0 Å². The molecule has 0 fully saturated rings. The summed E-state index contributed by atoms with van der Waals surface area (Å²) in [6.45, 7) is 8.60. The normalized spacial score (nSPS) is 4.75. The van der Waals surface area contributed by atoms with Gasteiger partial charge in [0, 0.05) is 24.4 Å². The minimum absolute atomic E-state index is 0. The third-order valence-electron chi connectivity index (χ3n) is 0.109. The summed E-state index contributed by atoms with van der Waals surface area (Å²) in [6, 6.07) is 0. The Morgan fingerprint density at radius 3 is 1.62 bits per heavy atom. The van der Waals surface area contributed by atoms with Gasteiger partial charge in [0.1, 0.15) is 0 Å². The van der Waals surface area contributed by atoms with Crippen molar-refractivity contribution in [3.05, 3.63) is 25.3 Å². The molecule has 0 saturated heterocycles. The predicted molar refractivity (Wildman–Crippen MR) is 36.8 cm³/mol. The molecule has 47 valence electrons. The molecule has 0 unspecified atom stereocenters. The van der Waals surface area contributed by atoms with Gasteiger partial charge in [-0.2, -0.15) is 0 Å². The maximum absolute atomic E-state index is 5.07. The average molecular weight is 170 g/mol. The monoisotopic (exact) mass is 169 g/mol. The van der Waals surface area contributed by atoms with E-state index in [0.717, 1.165) is 0 Å². The van der Waals surface area contributed by atoms with E-state index in [9.17, 15) is 0 Å². The molecule has 0 aromatic heterocycles. The van der Waals surface area contributed by atoms with Crippen molar-refractivity contribution in [3.63, 3.8) is 0 Å².